The molecule has 5 nitrogen and oxygen atoms in total. The maximum Gasteiger partial charge on any atom is 0.401 e. The molecule has 0 bridgehead atoms. The molecule has 1 unspecified atom stereocenters. The number of para-hydroxylation sites is 1. The molecule has 0 amide bonds. The Morgan fingerprint density at radius 2 is 1.75 bits per heavy atom. The van der Waals surface area contributed by atoms with E-state index in [1.807, 2.05) is 12.1 Å². The van der Waals surface area contributed by atoms with Crippen molar-refractivity contribution in [1.82, 2.24) is 5.32 Å². The van der Waals surface area contributed by atoms with E-state index in [1.165, 1.54) is 7.11 Å². The normalized spacial score (nSPS) is 12.3. The SMILES string of the molecule is COC(=O)Cc1ccccc1OCc1cc(CNCC(F)(F)F)cc(-c2cccc(C(N)CF)c2)c1. The van der Waals surface area contributed by atoms with E-state index in [0.717, 1.165) is 11.1 Å². The fourth-order valence-electron chi connectivity index (χ4n) is 3.68. The molecule has 0 aliphatic carbocycles. The first-order valence-electron chi connectivity index (χ1n) is 11.3. The molecule has 9 heteroatoms. The molecular formula is C27H28F4N2O3. The van der Waals surface area contributed by atoms with Crippen LogP contribution in [0.5, 0.6) is 5.75 Å². The van der Waals surface area contributed by atoms with Crippen molar-refractivity contribution < 1.29 is 31.8 Å². The number of rotatable bonds is 11. The van der Waals surface area contributed by atoms with Crippen LogP contribution in [0.1, 0.15) is 28.3 Å². The lowest BCUT2D eigenvalue weighted by atomic mass is 9.97. The minimum absolute atomic E-state index is 0.0110. The largest absolute Gasteiger partial charge is 0.489 e. The monoisotopic (exact) mass is 504 g/mol. The maximum absolute atomic E-state index is 13.1. The summed E-state index contributed by atoms with van der Waals surface area (Å²) in [5.41, 5.74) is 9.92. The first kappa shape index (κ1) is 27.2. The van der Waals surface area contributed by atoms with Gasteiger partial charge in [0.15, 0.2) is 0 Å². The van der Waals surface area contributed by atoms with Crippen LogP contribution in [0.2, 0.25) is 0 Å². The van der Waals surface area contributed by atoms with Crippen molar-refractivity contribution in [2.24, 2.45) is 5.73 Å². The van der Waals surface area contributed by atoms with E-state index < -0.39 is 31.4 Å². The number of nitrogens with one attached hydrogen (secondary N) is 1. The Kier molecular flexibility index (Phi) is 9.44. The lowest BCUT2D eigenvalue weighted by molar-refractivity contribution is -0.139. The van der Waals surface area contributed by atoms with Gasteiger partial charge in [-0.3, -0.25) is 4.79 Å². The standard InChI is InChI=1S/C27H28F4N2O3/c1-35-26(34)13-22-5-2-3-8-25(22)36-16-19-9-18(15-33-17-27(29,30)31)10-23(11-19)20-6-4-7-21(12-20)24(32)14-28/h2-12,24,33H,13-17,32H2,1H3. The molecule has 3 N–H and O–H groups in total. The fraction of sp³-hybridized carbons (Fsp3) is 0.296. The third-order valence-corrected chi connectivity index (χ3v) is 5.45. The molecule has 36 heavy (non-hydrogen) atoms. The van der Waals surface area contributed by atoms with Crippen molar-refractivity contribution in [3.05, 3.63) is 89.0 Å². The van der Waals surface area contributed by atoms with Gasteiger partial charge < -0.3 is 20.5 Å². The Bertz CT molecular complexity index is 1170. The van der Waals surface area contributed by atoms with E-state index in [1.54, 1.807) is 54.6 Å². The van der Waals surface area contributed by atoms with Crippen LogP contribution >= 0.6 is 0 Å². The van der Waals surface area contributed by atoms with Crippen molar-refractivity contribution in [3.8, 4) is 16.9 Å². The molecular weight excluding hydrogens is 476 g/mol. The number of carbonyl (C=O) groups excluding carboxylic acids is 1. The zero-order chi connectivity index (χ0) is 26.1. The summed E-state index contributed by atoms with van der Waals surface area (Å²) in [7, 11) is 1.31. The van der Waals surface area contributed by atoms with Crippen LogP contribution in [0.15, 0.2) is 66.7 Å². The van der Waals surface area contributed by atoms with E-state index in [0.29, 0.717) is 28.0 Å². The minimum Gasteiger partial charge on any atom is -0.489 e. The summed E-state index contributed by atoms with van der Waals surface area (Å²) < 4.78 is 61.7. The van der Waals surface area contributed by atoms with E-state index in [4.69, 9.17) is 15.2 Å². The van der Waals surface area contributed by atoms with E-state index in [-0.39, 0.29) is 19.6 Å². The Balaban J connectivity index is 1.88. The topological polar surface area (TPSA) is 73.6 Å². The van der Waals surface area contributed by atoms with Gasteiger partial charge in [-0.15, -0.1) is 0 Å². The molecule has 1 atom stereocenters. The van der Waals surface area contributed by atoms with Crippen LogP contribution in [0.3, 0.4) is 0 Å². The predicted octanol–water partition coefficient (Wildman–Crippen LogP) is 5.27. The number of ether oxygens (including phenoxy) is 2. The molecule has 0 radical (unpaired) electrons. The number of nitrogens with two attached hydrogens (primary N) is 1. The second kappa shape index (κ2) is 12.5. The highest BCUT2D eigenvalue weighted by molar-refractivity contribution is 5.73. The van der Waals surface area contributed by atoms with Crippen molar-refractivity contribution in [2.75, 3.05) is 20.3 Å². The maximum atomic E-state index is 13.1. The van der Waals surface area contributed by atoms with Gasteiger partial charge in [0, 0.05) is 12.1 Å². The third kappa shape index (κ3) is 8.07. The second-order valence-electron chi connectivity index (χ2n) is 8.29. The van der Waals surface area contributed by atoms with Gasteiger partial charge in [0.2, 0.25) is 0 Å². The van der Waals surface area contributed by atoms with Crippen LogP contribution < -0.4 is 15.8 Å². The zero-order valence-electron chi connectivity index (χ0n) is 19.8. The van der Waals surface area contributed by atoms with Crippen LogP contribution in [0, 0.1) is 0 Å². The second-order valence-corrected chi connectivity index (χ2v) is 8.29. The summed E-state index contributed by atoms with van der Waals surface area (Å²) in [5, 5.41) is 2.41. The zero-order valence-corrected chi connectivity index (χ0v) is 19.8. The first-order valence-corrected chi connectivity index (χ1v) is 11.3. The van der Waals surface area contributed by atoms with Crippen LogP contribution in [0.4, 0.5) is 17.6 Å². The first-order chi connectivity index (χ1) is 17.2. The molecule has 0 aliphatic heterocycles. The molecule has 3 rings (SSSR count). The molecule has 0 fully saturated rings. The van der Waals surface area contributed by atoms with Crippen LogP contribution in [-0.2, 0) is 29.1 Å². The average Bonchev–Trinajstić information content (AvgIpc) is 2.86. The summed E-state index contributed by atoms with van der Waals surface area (Å²) in [6.07, 6.45) is -4.29. The Labute approximate surface area is 207 Å². The Morgan fingerprint density at radius 1 is 1.00 bits per heavy atom. The van der Waals surface area contributed by atoms with Gasteiger partial charge in [0.25, 0.3) is 0 Å². The van der Waals surface area contributed by atoms with Gasteiger partial charge in [-0.1, -0.05) is 42.5 Å². The molecule has 0 saturated carbocycles. The number of halogens is 4. The van der Waals surface area contributed by atoms with Crippen LogP contribution in [-0.4, -0.2) is 32.5 Å². The number of esters is 1. The van der Waals surface area contributed by atoms with Gasteiger partial charge in [-0.2, -0.15) is 13.2 Å². The van der Waals surface area contributed by atoms with Gasteiger partial charge >= 0.3 is 12.1 Å². The van der Waals surface area contributed by atoms with Crippen molar-refractivity contribution in [2.45, 2.75) is 31.8 Å². The molecule has 0 aliphatic rings. The molecule has 0 saturated heterocycles. The minimum atomic E-state index is -4.33. The van der Waals surface area contributed by atoms with Crippen molar-refractivity contribution >= 4 is 5.97 Å². The highest BCUT2D eigenvalue weighted by atomic mass is 19.4. The Hall–Kier alpha value is -3.43. The third-order valence-electron chi connectivity index (χ3n) is 5.45. The summed E-state index contributed by atoms with van der Waals surface area (Å²) in [6, 6.07) is 18.8. The van der Waals surface area contributed by atoms with Gasteiger partial charge in [-0.25, -0.2) is 4.39 Å². The predicted molar refractivity (Wildman–Crippen MR) is 129 cm³/mol. The quantitative estimate of drug-likeness (QED) is 0.275. The lowest BCUT2D eigenvalue weighted by Gasteiger charge is -2.15. The number of benzene rings is 3. The number of alkyl halides is 4. The van der Waals surface area contributed by atoms with Crippen molar-refractivity contribution in [3.63, 3.8) is 0 Å². The highest BCUT2D eigenvalue weighted by Gasteiger charge is 2.26. The van der Waals surface area contributed by atoms with Gasteiger partial charge in [0.05, 0.1) is 26.1 Å². The lowest BCUT2D eigenvalue weighted by Crippen LogP contribution is -2.28. The summed E-state index contributed by atoms with van der Waals surface area (Å²) in [6.45, 7) is -1.73. The summed E-state index contributed by atoms with van der Waals surface area (Å²) in [4.78, 5) is 11.7. The average molecular weight is 505 g/mol. The number of hydrogen-bond donors (Lipinski definition) is 2. The number of hydrogen-bond acceptors (Lipinski definition) is 5. The Morgan fingerprint density at radius 3 is 2.47 bits per heavy atom. The molecule has 0 heterocycles. The van der Waals surface area contributed by atoms with Gasteiger partial charge in [-0.05, 0) is 52.1 Å². The number of methoxy groups -OCH3 is 1. The highest BCUT2D eigenvalue weighted by Crippen LogP contribution is 2.27. The molecule has 3 aromatic carbocycles. The molecule has 0 aromatic heterocycles. The van der Waals surface area contributed by atoms with E-state index in [9.17, 15) is 22.4 Å². The molecule has 192 valence electrons. The molecule has 3 aromatic rings. The van der Waals surface area contributed by atoms with Crippen molar-refractivity contribution in [1.29, 1.82) is 0 Å². The fourth-order valence-corrected chi connectivity index (χ4v) is 3.68. The smallest absolute Gasteiger partial charge is 0.401 e. The molecule has 0 spiro atoms. The van der Waals surface area contributed by atoms with E-state index in [2.05, 4.69) is 5.32 Å². The van der Waals surface area contributed by atoms with E-state index >= 15 is 0 Å². The van der Waals surface area contributed by atoms with Gasteiger partial charge in [0.1, 0.15) is 19.0 Å². The van der Waals surface area contributed by atoms with Crippen LogP contribution in [0.25, 0.3) is 11.1 Å². The number of carbonyl (C=O) groups is 1. The summed E-state index contributed by atoms with van der Waals surface area (Å²) in [5.74, 6) is 0.0957. The summed E-state index contributed by atoms with van der Waals surface area (Å²) >= 11 is 0.